The number of carbonyl (C=O) groups is 2. The second kappa shape index (κ2) is 6.73. The highest BCUT2D eigenvalue weighted by molar-refractivity contribution is 5.88. The number of esters is 1. The molecule has 5 nitrogen and oxygen atoms in total. The van der Waals surface area contributed by atoms with Crippen LogP contribution in [0.25, 0.3) is 0 Å². The molecule has 0 saturated carbocycles. The van der Waals surface area contributed by atoms with Crippen molar-refractivity contribution in [3.05, 3.63) is 0 Å². The van der Waals surface area contributed by atoms with E-state index >= 15 is 0 Å². The molecule has 1 aliphatic heterocycles. The van der Waals surface area contributed by atoms with Gasteiger partial charge in [0, 0.05) is 19.1 Å². The van der Waals surface area contributed by atoms with Crippen LogP contribution >= 0.6 is 0 Å². The molecule has 1 aliphatic rings. The Morgan fingerprint density at radius 3 is 2.50 bits per heavy atom. The molecule has 18 heavy (non-hydrogen) atoms. The normalized spacial score (nSPS) is 19.9. The third kappa shape index (κ3) is 3.70. The summed E-state index contributed by atoms with van der Waals surface area (Å²) in [6.07, 6.45) is 2.82. The van der Waals surface area contributed by atoms with Gasteiger partial charge in [0.25, 0.3) is 0 Å². The largest absolute Gasteiger partial charge is 0.467 e. The molecular formula is C13H23NO4. The van der Waals surface area contributed by atoms with Crippen LogP contribution in [0.15, 0.2) is 0 Å². The summed E-state index contributed by atoms with van der Waals surface area (Å²) < 4.78 is 10.0. The third-order valence-electron chi connectivity index (χ3n) is 3.38. The molecule has 1 saturated heterocycles. The molecule has 0 aromatic heterocycles. The minimum Gasteiger partial charge on any atom is -0.467 e. The van der Waals surface area contributed by atoms with Crippen molar-refractivity contribution < 1.29 is 19.1 Å². The lowest BCUT2D eigenvalue weighted by Crippen LogP contribution is -2.54. The predicted molar refractivity (Wildman–Crippen MR) is 67.0 cm³/mol. The number of carbonyl (C=O) groups excluding carboxylic acids is 2. The lowest BCUT2D eigenvalue weighted by atomic mass is 9.93. The molecule has 0 aromatic rings. The lowest BCUT2D eigenvalue weighted by Gasteiger charge is -2.30. The third-order valence-corrected chi connectivity index (χ3v) is 3.38. The summed E-state index contributed by atoms with van der Waals surface area (Å²) in [6.45, 7) is 4.92. The topological polar surface area (TPSA) is 64.6 Å². The Morgan fingerprint density at radius 2 is 2.00 bits per heavy atom. The maximum atomic E-state index is 12.1. The first-order chi connectivity index (χ1) is 8.53. The number of nitrogens with one attached hydrogen (secondary N) is 1. The average Bonchev–Trinajstić information content (AvgIpc) is 2.39. The zero-order chi connectivity index (χ0) is 13.6. The number of ether oxygens (including phenoxy) is 2. The Kier molecular flexibility index (Phi) is 5.59. The van der Waals surface area contributed by atoms with E-state index in [4.69, 9.17) is 9.47 Å². The molecule has 1 amide bonds. The molecule has 1 heterocycles. The zero-order valence-electron chi connectivity index (χ0n) is 11.5. The standard InChI is InChI=1S/C13H23NO4/c1-4-7-13(2,12(16)17-3)14-11(15)10-5-8-18-9-6-10/h10H,4-9H2,1-3H3,(H,14,15). The van der Waals surface area contributed by atoms with Crippen LogP contribution < -0.4 is 5.32 Å². The first-order valence-electron chi connectivity index (χ1n) is 6.51. The summed E-state index contributed by atoms with van der Waals surface area (Å²) in [5, 5.41) is 2.85. The second-order valence-corrected chi connectivity index (χ2v) is 4.95. The van der Waals surface area contributed by atoms with Gasteiger partial charge in [0.05, 0.1) is 7.11 Å². The first kappa shape index (κ1) is 15.0. The van der Waals surface area contributed by atoms with E-state index in [2.05, 4.69) is 5.32 Å². The summed E-state index contributed by atoms with van der Waals surface area (Å²) in [5.74, 6) is -0.510. The number of hydrogen-bond donors (Lipinski definition) is 1. The van der Waals surface area contributed by atoms with Crippen LogP contribution in [0.1, 0.15) is 39.5 Å². The molecule has 104 valence electrons. The average molecular weight is 257 g/mol. The van der Waals surface area contributed by atoms with E-state index in [1.165, 1.54) is 7.11 Å². The molecule has 1 unspecified atom stereocenters. The fraction of sp³-hybridized carbons (Fsp3) is 0.846. The molecular weight excluding hydrogens is 234 g/mol. The number of rotatable bonds is 5. The summed E-state index contributed by atoms with van der Waals surface area (Å²) in [6, 6.07) is 0. The molecule has 5 heteroatoms. The molecule has 0 bridgehead atoms. The van der Waals surface area contributed by atoms with Gasteiger partial charge in [-0.05, 0) is 26.2 Å². The van der Waals surface area contributed by atoms with Gasteiger partial charge >= 0.3 is 5.97 Å². The summed E-state index contributed by atoms with van der Waals surface area (Å²) in [4.78, 5) is 23.9. The van der Waals surface area contributed by atoms with Crippen molar-refractivity contribution in [2.75, 3.05) is 20.3 Å². The zero-order valence-corrected chi connectivity index (χ0v) is 11.5. The Bertz CT molecular complexity index is 299. The molecule has 0 aliphatic carbocycles. The SMILES string of the molecule is CCCC(C)(NC(=O)C1CCOCC1)C(=O)OC. The fourth-order valence-corrected chi connectivity index (χ4v) is 2.27. The van der Waals surface area contributed by atoms with E-state index in [0.717, 1.165) is 19.3 Å². The van der Waals surface area contributed by atoms with Crippen LogP contribution in [0.4, 0.5) is 0 Å². The van der Waals surface area contributed by atoms with Crippen molar-refractivity contribution in [3.8, 4) is 0 Å². The minimum absolute atomic E-state index is 0.0559. The van der Waals surface area contributed by atoms with Gasteiger partial charge in [-0.1, -0.05) is 13.3 Å². The van der Waals surface area contributed by atoms with Crippen molar-refractivity contribution in [1.82, 2.24) is 5.32 Å². The van der Waals surface area contributed by atoms with E-state index < -0.39 is 5.54 Å². The monoisotopic (exact) mass is 257 g/mol. The van der Waals surface area contributed by atoms with Gasteiger partial charge in [-0.2, -0.15) is 0 Å². The Hall–Kier alpha value is -1.10. The van der Waals surface area contributed by atoms with E-state index in [1.54, 1.807) is 6.92 Å². The van der Waals surface area contributed by atoms with E-state index in [-0.39, 0.29) is 17.8 Å². The van der Waals surface area contributed by atoms with Crippen molar-refractivity contribution >= 4 is 11.9 Å². The summed E-state index contributed by atoms with van der Waals surface area (Å²) >= 11 is 0. The van der Waals surface area contributed by atoms with Gasteiger partial charge in [-0.25, -0.2) is 4.79 Å². The van der Waals surface area contributed by atoms with E-state index in [1.807, 2.05) is 6.92 Å². The van der Waals surface area contributed by atoms with Gasteiger partial charge in [-0.15, -0.1) is 0 Å². The van der Waals surface area contributed by atoms with Crippen molar-refractivity contribution in [2.45, 2.75) is 45.1 Å². The highest BCUT2D eigenvalue weighted by atomic mass is 16.5. The highest BCUT2D eigenvalue weighted by Crippen LogP contribution is 2.19. The van der Waals surface area contributed by atoms with Gasteiger partial charge in [0.2, 0.25) is 5.91 Å². The fourth-order valence-electron chi connectivity index (χ4n) is 2.27. The number of amides is 1. The van der Waals surface area contributed by atoms with Gasteiger partial charge < -0.3 is 14.8 Å². The molecule has 1 atom stereocenters. The van der Waals surface area contributed by atoms with E-state index in [9.17, 15) is 9.59 Å². The maximum absolute atomic E-state index is 12.1. The maximum Gasteiger partial charge on any atom is 0.331 e. The molecule has 0 spiro atoms. The lowest BCUT2D eigenvalue weighted by molar-refractivity contribution is -0.151. The van der Waals surface area contributed by atoms with Crippen LogP contribution in [0.5, 0.6) is 0 Å². The van der Waals surface area contributed by atoms with Crippen molar-refractivity contribution in [3.63, 3.8) is 0 Å². The molecule has 1 N–H and O–H groups in total. The highest BCUT2D eigenvalue weighted by Gasteiger charge is 2.37. The Morgan fingerprint density at radius 1 is 1.39 bits per heavy atom. The number of hydrogen-bond acceptors (Lipinski definition) is 4. The molecule has 1 rings (SSSR count). The van der Waals surface area contributed by atoms with Crippen LogP contribution in [-0.4, -0.2) is 37.7 Å². The van der Waals surface area contributed by atoms with Gasteiger partial charge in [0.1, 0.15) is 5.54 Å². The smallest absolute Gasteiger partial charge is 0.331 e. The summed E-state index contributed by atoms with van der Waals surface area (Å²) in [5.41, 5.74) is -0.918. The van der Waals surface area contributed by atoms with Crippen molar-refractivity contribution in [2.24, 2.45) is 5.92 Å². The summed E-state index contributed by atoms with van der Waals surface area (Å²) in [7, 11) is 1.34. The van der Waals surface area contributed by atoms with Crippen molar-refractivity contribution in [1.29, 1.82) is 0 Å². The first-order valence-corrected chi connectivity index (χ1v) is 6.51. The Balaban J connectivity index is 2.64. The number of methoxy groups -OCH3 is 1. The minimum atomic E-state index is -0.918. The molecule has 0 aromatic carbocycles. The van der Waals surface area contributed by atoms with Gasteiger partial charge in [-0.3, -0.25) is 4.79 Å². The van der Waals surface area contributed by atoms with Gasteiger partial charge in [0.15, 0.2) is 0 Å². The molecule has 0 radical (unpaired) electrons. The quantitative estimate of drug-likeness (QED) is 0.753. The Labute approximate surface area is 108 Å². The van der Waals surface area contributed by atoms with Crippen LogP contribution in [-0.2, 0) is 19.1 Å². The van der Waals surface area contributed by atoms with Crippen LogP contribution in [0.3, 0.4) is 0 Å². The predicted octanol–water partition coefficient (Wildman–Crippen LogP) is 1.26. The van der Waals surface area contributed by atoms with E-state index in [0.29, 0.717) is 19.6 Å². The van der Waals surface area contributed by atoms with Crippen LogP contribution in [0, 0.1) is 5.92 Å². The van der Waals surface area contributed by atoms with Crippen LogP contribution in [0.2, 0.25) is 0 Å². The molecule has 1 fully saturated rings. The second-order valence-electron chi connectivity index (χ2n) is 4.95.